The molecule has 222 valence electrons. The van der Waals surface area contributed by atoms with E-state index in [0.29, 0.717) is 17.4 Å². The van der Waals surface area contributed by atoms with E-state index < -0.39 is 5.97 Å². The molecule has 3 atom stereocenters. The van der Waals surface area contributed by atoms with Gasteiger partial charge in [-0.05, 0) is 92.6 Å². The Bertz CT molecular complexity index is 1110. The summed E-state index contributed by atoms with van der Waals surface area (Å²) in [5.74, 6) is 1.02. The fourth-order valence-electron chi connectivity index (χ4n) is 7.81. The first-order chi connectivity index (χ1) is 20.0. The summed E-state index contributed by atoms with van der Waals surface area (Å²) in [7, 11) is 1.42. The Hall–Kier alpha value is -2.70. The SMILES string of the molecule is COC(=O)c1ccc(CCCC2CCN(CC3CN(C(C(=O)O)C4CCCCC4)CC3c3ccccc3)CC2)cc1. The number of carboxylic acid groups (broad SMARTS) is 1. The highest BCUT2D eigenvalue weighted by molar-refractivity contribution is 5.89. The van der Waals surface area contributed by atoms with Gasteiger partial charge in [-0.1, -0.05) is 68.1 Å². The quantitative estimate of drug-likeness (QED) is 0.327. The lowest BCUT2D eigenvalue weighted by Crippen LogP contribution is -2.46. The summed E-state index contributed by atoms with van der Waals surface area (Å²) >= 11 is 0. The molecule has 6 nitrogen and oxygen atoms in total. The number of aliphatic carboxylic acids is 1. The molecule has 3 unspecified atom stereocenters. The van der Waals surface area contributed by atoms with Crippen molar-refractivity contribution >= 4 is 11.9 Å². The van der Waals surface area contributed by atoms with Gasteiger partial charge in [0.25, 0.3) is 0 Å². The van der Waals surface area contributed by atoms with Gasteiger partial charge in [-0.25, -0.2) is 4.79 Å². The van der Waals surface area contributed by atoms with E-state index in [1.54, 1.807) is 0 Å². The maximum absolute atomic E-state index is 12.5. The minimum absolute atomic E-state index is 0.283. The average Bonchev–Trinajstić information content (AvgIpc) is 3.41. The molecule has 0 radical (unpaired) electrons. The predicted octanol–water partition coefficient (Wildman–Crippen LogP) is 6.26. The van der Waals surface area contributed by atoms with Gasteiger partial charge in [0.2, 0.25) is 0 Å². The molecular weight excluding hydrogens is 512 g/mol. The summed E-state index contributed by atoms with van der Waals surface area (Å²) in [5.41, 5.74) is 3.25. The van der Waals surface area contributed by atoms with E-state index in [1.807, 2.05) is 24.3 Å². The molecule has 3 fully saturated rings. The number of rotatable bonds is 11. The van der Waals surface area contributed by atoms with Crippen molar-refractivity contribution in [1.29, 1.82) is 0 Å². The molecule has 2 saturated heterocycles. The molecule has 0 amide bonds. The van der Waals surface area contributed by atoms with E-state index in [-0.39, 0.29) is 17.9 Å². The Balaban J connectivity index is 1.13. The maximum Gasteiger partial charge on any atom is 0.337 e. The molecule has 0 aromatic heterocycles. The Labute approximate surface area is 246 Å². The molecule has 41 heavy (non-hydrogen) atoms. The van der Waals surface area contributed by atoms with Crippen LogP contribution in [0.4, 0.5) is 0 Å². The first-order valence-corrected chi connectivity index (χ1v) is 15.9. The highest BCUT2D eigenvalue weighted by atomic mass is 16.5. The van der Waals surface area contributed by atoms with Crippen molar-refractivity contribution in [3.8, 4) is 0 Å². The molecule has 3 aliphatic rings. The zero-order valence-corrected chi connectivity index (χ0v) is 24.8. The minimum Gasteiger partial charge on any atom is -0.480 e. The number of hydrogen-bond donors (Lipinski definition) is 1. The van der Waals surface area contributed by atoms with Crippen LogP contribution in [0.1, 0.15) is 85.2 Å². The van der Waals surface area contributed by atoms with E-state index in [9.17, 15) is 14.7 Å². The van der Waals surface area contributed by atoms with Gasteiger partial charge in [0.15, 0.2) is 0 Å². The first kappa shape index (κ1) is 29.8. The van der Waals surface area contributed by atoms with Gasteiger partial charge in [-0.2, -0.15) is 0 Å². The van der Waals surface area contributed by atoms with E-state index in [0.717, 1.165) is 57.9 Å². The van der Waals surface area contributed by atoms with Gasteiger partial charge < -0.3 is 14.7 Å². The third-order valence-electron chi connectivity index (χ3n) is 10.1. The van der Waals surface area contributed by atoms with Crippen molar-refractivity contribution in [2.24, 2.45) is 17.8 Å². The van der Waals surface area contributed by atoms with Crippen LogP contribution in [0, 0.1) is 17.8 Å². The van der Waals surface area contributed by atoms with Crippen LogP contribution in [0.3, 0.4) is 0 Å². The zero-order chi connectivity index (χ0) is 28.6. The van der Waals surface area contributed by atoms with Crippen molar-refractivity contribution in [3.63, 3.8) is 0 Å². The van der Waals surface area contributed by atoms with Crippen molar-refractivity contribution in [1.82, 2.24) is 9.80 Å². The smallest absolute Gasteiger partial charge is 0.337 e. The number of carbonyl (C=O) groups is 2. The second kappa shape index (κ2) is 14.5. The molecule has 0 spiro atoms. The van der Waals surface area contributed by atoms with Crippen molar-refractivity contribution < 1.29 is 19.4 Å². The van der Waals surface area contributed by atoms with E-state index in [4.69, 9.17) is 4.74 Å². The molecule has 1 N–H and O–H groups in total. The van der Waals surface area contributed by atoms with Crippen LogP contribution in [0.5, 0.6) is 0 Å². The lowest BCUT2D eigenvalue weighted by Gasteiger charge is -2.35. The molecule has 0 bridgehead atoms. The summed E-state index contributed by atoms with van der Waals surface area (Å²) in [5, 5.41) is 10.3. The summed E-state index contributed by atoms with van der Waals surface area (Å²) < 4.78 is 4.80. The average molecular weight is 561 g/mol. The van der Waals surface area contributed by atoms with Crippen LogP contribution in [0.2, 0.25) is 0 Å². The number of ether oxygens (including phenoxy) is 1. The van der Waals surface area contributed by atoms with Gasteiger partial charge in [0.1, 0.15) is 6.04 Å². The third-order valence-corrected chi connectivity index (χ3v) is 10.1. The van der Waals surface area contributed by atoms with E-state index >= 15 is 0 Å². The highest BCUT2D eigenvalue weighted by Gasteiger charge is 2.43. The molecule has 2 aliphatic heterocycles. The largest absolute Gasteiger partial charge is 0.480 e. The number of nitrogens with zero attached hydrogens (tertiary/aromatic N) is 2. The predicted molar refractivity (Wildman–Crippen MR) is 162 cm³/mol. The number of likely N-dealkylation sites (tertiary alicyclic amines) is 2. The van der Waals surface area contributed by atoms with Crippen molar-refractivity contribution in [2.45, 2.75) is 76.2 Å². The van der Waals surface area contributed by atoms with Gasteiger partial charge in [-0.3, -0.25) is 9.69 Å². The van der Waals surface area contributed by atoms with Gasteiger partial charge in [0.05, 0.1) is 12.7 Å². The Morgan fingerprint density at radius 1 is 0.927 bits per heavy atom. The fourth-order valence-corrected chi connectivity index (χ4v) is 7.81. The summed E-state index contributed by atoms with van der Waals surface area (Å²) in [6, 6.07) is 18.3. The van der Waals surface area contributed by atoms with Crippen LogP contribution in [0.25, 0.3) is 0 Å². The maximum atomic E-state index is 12.5. The second-order valence-electron chi connectivity index (χ2n) is 12.7. The van der Waals surface area contributed by atoms with Crippen molar-refractivity contribution in [2.75, 3.05) is 39.8 Å². The number of aryl methyl sites for hydroxylation is 1. The second-order valence-corrected chi connectivity index (χ2v) is 12.7. The monoisotopic (exact) mass is 560 g/mol. The first-order valence-electron chi connectivity index (χ1n) is 15.9. The number of methoxy groups -OCH3 is 1. The summed E-state index contributed by atoms with van der Waals surface area (Å²) in [6.07, 6.45) is 11.7. The Kier molecular flexibility index (Phi) is 10.5. The molecule has 6 heteroatoms. The zero-order valence-electron chi connectivity index (χ0n) is 24.8. The lowest BCUT2D eigenvalue weighted by atomic mass is 9.83. The summed E-state index contributed by atoms with van der Waals surface area (Å²) in [6.45, 7) is 5.09. The number of hydrogen-bond acceptors (Lipinski definition) is 5. The number of benzene rings is 2. The molecular formula is C35H48N2O4. The number of esters is 1. The molecule has 5 rings (SSSR count). The van der Waals surface area contributed by atoms with E-state index in [1.165, 1.54) is 63.2 Å². The highest BCUT2D eigenvalue weighted by Crippen LogP contribution is 2.38. The normalized spacial score (nSPS) is 23.8. The van der Waals surface area contributed by atoms with Crippen LogP contribution >= 0.6 is 0 Å². The van der Waals surface area contributed by atoms with E-state index in [2.05, 4.69) is 40.1 Å². The Morgan fingerprint density at radius 2 is 1.63 bits per heavy atom. The number of piperidine rings is 1. The molecule has 1 aliphatic carbocycles. The topological polar surface area (TPSA) is 70.1 Å². The Morgan fingerprint density at radius 3 is 2.29 bits per heavy atom. The molecule has 2 aromatic carbocycles. The fraction of sp³-hybridized carbons (Fsp3) is 0.600. The van der Waals surface area contributed by atoms with Gasteiger partial charge in [-0.15, -0.1) is 0 Å². The minimum atomic E-state index is -0.621. The molecule has 2 heterocycles. The van der Waals surface area contributed by atoms with Crippen LogP contribution in [0.15, 0.2) is 54.6 Å². The van der Waals surface area contributed by atoms with Gasteiger partial charge >= 0.3 is 11.9 Å². The van der Waals surface area contributed by atoms with Crippen LogP contribution < -0.4 is 0 Å². The number of carboxylic acids is 1. The molecule has 2 aromatic rings. The van der Waals surface area contributed by atoms with Gasteiger partial charge in [0, 0.05) is 25.6 Å². The third kappa shape index (κ3) is 7.78. The molecule has 1 saturated carbocycles. The van der Waals surface area contributed by atoms with Crippen molar-refractivity contribution in [3.05, 3.63) is 71.3 Å². The standard InChI is InChI=1S/C35H48N2O4/c1-41-35(40)30-17-15-26(16-18-30)9-8-10-27-19-21-36(22-20-27)23-31-24-37(25-32(31)28-11-4-2-5-12-28)33(34(38)39)29-13-6-3-7-14-29/h2,4-5,11-12,15-18,27,29,31-33H,3,6-10,13-14,19-25H2,1H3,(H,38,39). The lowest BCUT2D eigenvalue weighted by molar-refractivity contribution is -0.145. The summed E-state index contributed by atoms with van der Waals surface area (Å²) in [4.78, 5) is 29.2. The number of carbonyl (C=O) groups excluding carboxylic acids is 1. The van der Waals surface area contributed by atoms with Crippen LogP contribution in [-0.2, 0) is 16.0 Å². The van der Waals surface area contributed by atoms with Crippen LogP contribution in [-0.4, -0.2) is 72.7 Å².